The third-order valence-electron chi connectivity index (χ3n) is 2.55. The summed E-state index contributed by atoms with van der Waals surface area (Å²) >= 11 is 3.34. The van der Waals surface area contributed by atoms with Gasteiger partial charge in [-0.05, 0) is 6.07 Å². The molecule has 0 aliphatic carbocycles. The first-order valence-corrected chi connectivity index (χ1v) is 5.90. The van der Waals surface area contributed by atoms with Gasteiger partial charge < -0.3 is 9.64 Å². The number of ether oxygens (including phenoxy) is 1. The number of nitrogens with zero attached hydrogens (tertiary/aromatic N) is 1. The van der Waals surface area contributed by atoms with Gasteiger partial charge in [0.2, 0.25) is 0 Å². The summed E-state index contributed by atoms with van der Waals surface area (Å²) in [5, 5.41) is 0.757. The van der Waals surface area contributed by atoms with Gasteiger partial charge in [0.1, 0.15) is 0 Å². The highest BCUT2D eigenvalue weighted by atomic mass is 79.9. The Labute approximate surface area is 97.2 Å². The van der Waals surface area contributed by atoms with Crippen LogP contribution in [-0.4, -0.2) is 29.8 Å². The van der Waals surface area contributed by atoms with Crippen molar-refractivity contribution in [2.45, 2.75) is 6.23 Å². The molecule has 1 aliphatic heterocycles. The van der Waals surface area contributed by atoms with Crippen LogP contribution in [0.15, 0.2) is 24.3 Å². The first-order valence-electron chi connectivity index (χ1n) is 4.78. The topological polar surface area (TPSA) is 29.5 Å². The van der Waals surface area contributed by atoms with E-state index in [2.05, 4.69) is 15.9 Å². The van der Waals surface area contributed by atoms with Crippen LogP contribution in [0.1, 0.15) is 22.1 Å². The summed E-state index contributed by atoms with van der Waals surface area (Å²) in [6, 6.07) is 7.59. The lowest BCUT2D eigenvalue weighted by Gasteiger charge is -2.22. The van der Waals surface area contributed by atoms with E-state index in [0.29, 0.717) is 6.54 Å². The van der Waals surface area contributed by atoms with Crippen molar-refractivity contribution in [3.8, 4) is 0 Å². The summed E-state index contributed by atoms with van der Waals surface area (Å²) in [4.78, 5) is 13.7. The zero-order chi connectivity index (χ0) is 10.8. The summed E-state index contributed by atoms with van der Waals surface area (Å²) in [7, 11) is 1.63. The Kier molecular flexibility index (Phi) is 3.07. The Hall–Kier alpha value is -0.870. The second kappa shape index (κ2) is 4.33. The zero-order valence-electron chi connectivity index (χ0n) is 8.44. The van der Waals surface area contributed by atoms with E-state index in [-0.39, 0.29) is 12.1 Å². The lowest BCUT2D eigenvalue weighted by molar-refractivity contribution is -0.00948. The van der Waals surface area contributed by atoms with Crippen molar-refractivity contribution in [3.05, 3.63) is 35.4 Å². The molecule has 1 amide bonds. The highest BCUT2D eigenvalue weighted by molar-refractivity contribution is 9.09. The van der Waals surface area contributed by atoms with E-state index < -0.39 is 0 Å². The van der Waals surface area contributed by atoms with Crippen LogP contribution >= 0.6 is 15.9 Å². The minimum absolute atomic E-state index is 0.0527. The molecule has 0 aromatic heterocycles. The van der Waals surface area contributed by atoms with Gasteiger partial charge >= 0.3 is 0 Å². The van der Waals surface area contributed by atoms with E-state index in [0.717, 1.165) is 16.5 Å². The fourth-order valence-electron chi connectivity index (χ4n) is 1.90. The molecule has 1 heterocycles. The van der Waals surface area contributed by atoms with Crippen molar-refractivity contribution in [3.63, 3.8) is 0 Å². The monoisotopic (exact) mass is 269 g/mol. The van der Waals surface area contributed by atoms with Crippen molar-refractivity contribution in [2.24, 2.45) is 0 Å². The van der Waals surface area contributed by atoms with Gasteiger partial charge in [0.05, 0.1) is 0 Å². The number of carbonyl (C=O) groups is 1. The number of benzene rings is 1. The summed E-state index contributed by atoms with van der Waals surface area (Å²) < 4.78 is 5.36. The van der Waals surface area contributed by atoms with Gasteiger partial charge in [0.15, 0.2) is 6.23 Å². The first kappa shape index (κ1) is 10.6. The minimum Gasteiger partial charge on any atom is -0.357 e. The first-order chi connectivity index (χ1) is 7.29. The van der Waals surface area contributed by atoms with Crippen molar-refractivity contribution >= 4 is 21.8 Å². The SMILES string of the molecule is COC1c2ccccc2C(=O)N1CCBr. The molecule has 0 saturated carbocycles. The molecular formula is C11H12BrNO2. The highest BCUT2D eigenvalue weighted by Gasteiger charge is 2.35. The van der Waals surface area contributed by atoms with E-state index in [1.165, 1.54) is 0 Å². The number of hydrogen-bond acceptors (Lipinski definition) is 2. The van der Waals surface area contributed by atoms with Crippen LogP contribution in [0.2, 0.25) is 0 Å². The fraction of sp³-hybridized carbons (Fsp3) is 0.364. The third-order valence-corrected chi connectivity index (χ3v) is 2.90. The minimum atomic E-state index is -0.230. The molecule has 1 aromatic rings. The fourth-order valence-corrected chi connectivity index (χ4v) is 2.28. The summed E-state index contributed by atoms with van der Waals surface area (Å²) in [5.41, 5.74) is 1.72. The number of carbonyl (C=O) groups excluding carboxylic acids is 1. The third kappa shape index (κ3) is 1.68. The lowest BCUT2D eigenvalue weighted by Crippen LogP contribution is -2.30. The van der Waals surface area contributed by atoms with E-state index in [1.807, 2.05) is 24.3 Å². The Morgan fingerprint density at radius 1 is 1.47 bits per heavy atom. The predicted molar refractivity (Wildman–Crippen MR) is 61.0 cm³/mol. The molecule has 1 aliphatic rings. The maximum atomic E-state index is 12.0. The second-order valence-electron chi connectivity index (χ2n) is 3.36. The lowest BCUT2D eigenvalue weighted by atomic mass is 10.1. The quantitative estimate of drug-likeness (QED) is 0.788. The molecule has 1 atom stereocenters. The molecule has 2 rings (SSSR count). The van der Waals surface area contributed by atoms with Crippen LogP contribution in [0.25, 0.3) is 0 Å². The Bertz CT molecular complexity index is 381. The van der Waals surface area contributed by atoms with Gasteiger partial charge in [0, 0.05) is 30.1 Å². The van der Waals surface area contributed by atoms with Gasteiger partial charge in [-0.25, -0.2) is 0 Å². The smallest absolute Gasteiger partial charge is 0.256 e. The number of hydrogen-bond donors (Lipinski definition) is 0. The maximum Gasteiger partial charge on any atom is 0.256 e. The van der Waals surface area contributed by atoms with Crippen molar-refractivity contribution < 1.29 is 9.53 Å². The van der Waals surface area contributed by atoms with Gasteiger partial charge in [-0.2, -0.15) is 0 Å². The number of amides is 1. The van der Waals surface area contributed by atoms with E-state index in [9.17, 15) is 4.79 Å². The Balaban J connectivity index is 2.39. The van der Waals surface area contributed by atoms with Crippen LogP contribution in [0, 0.1) is 0 Å². The number of rotatable bonds is 3. The van der Waals surface area contributed by atoms with E-state index in [4.69, 9.17) is 4.74 Å². The van der Waals surface area contributed by atoms with Crippen LogP contribution < -0.4 is 0 Å². The van der Waals surface area contributed by atoms with Crippen molar-refractivity contribution in [1.82, 2.24) is 4.90 Å². The molecule has 0 fully saturated rings. The van der Waals surface area contributed by atoms with E-state index in [1.54, 1.807) is 12.0 Å². The average Bonchev–Trinajstić information content (AvgIpc) is 2.54. The van der Waals surface area contributed by atoms with Crippen LogP contribution in [0.5, 0.6) is 0 Å². The molecular weight excluding hydrogens is 258 g/mol. The number of halogens is 1. The van der Waals surface area contributed by atoms with Gasteiger partial charge in [0.25, 0.3) is 5.91 Å². The second-order valence-corrected chi connectivity index (χ2v) is 4.16. The standard InChI is InChI=1S/C11H12BrNO2/c1-15-11-9-5-3-2-4-8(9)10(14)13(11)7-6-12/h2-5,11H,6-7H2,1H3. The molecule has 0 saturated heterocycles. The molecule has 15 heavy (non-hydrogen) atoms. The van der Waals surface area contributed by atoms with Gasteiger partial charge in [-0.1, -0.05) is 34.1 Å². The molecule has 1 aromatic carbocycles. The highest BCUT2D eigenvalue weighted by Crippen LogP contribution is 2.33. The van der Waals surface area contributed by atoms with Crippen LogP contribution in [-0.2, 0) is 4.74 Å². The Morgan fingerprint density at radius 3 is 2.87 bits per heavy atom. The molecule has 4 heteroatoms. The zero-order valence-corrected chi connectivity index (χ0v) is 10.0. The van der Waals surface area contributed by atoms with Crippen molar-refractivity contribution in [2.75, 3.05) is 19.0 Å². The van der Waals surface area contributed by atoms with Gasteiger partial charge in [-0.15, -0.1) is 0 Å². The maximum absolute atomic E-state index is 12.0. The van der Waals surface area contributed by atoms with Crippen LogP contribution in [0.4, 0.5) is 0 Å². The molecule has 0 N–H and O–H groups in total. The molecule has 1 unspecified atom stereocenters. The van der Waals surface area contributed by atoms with Gasteiger partial charge in [-0.3, -0.25) is 4.79 Å². The molecule has 0 bridgehead atoms. The largest absolute Gasteiger partial charge is 0.357 e. The number of fused-ring (bicyclic) bond motifs is 1. The number of methoxy groups -OCH3 is 1. The molecule has 3 nitrogen and oxygen atoms in total. The summed E-state index contributed by atoms with van der Waals surface area (Å²) in [6.45, 7) is 0.659. The molecule has 80 valence electrons. The van der Waals surface area contributed by atoms with Crippen molar-refractivity contribution in [1.29, 1.82) is 0 Å². The molecule has 0 spiro atoms. The van der Waals surface area contributed by atoms with Crippen LogP contribution in [0.3, 0.4) is 0 Å². The predicted octanol–water partition coefficient (Wildman–Crippen LogP) is 2.18. The number of alkyl halides is 1. The average molecular weight is 270 g/mol. The summed E-state index contributed by atoms with van der Waals surface area (Å²) in [6.07, 6.45) is -0.230. The normalized spacial score (nSPS) is 19.5. The Morgan fingerprint density at radius 2 is 2.20 bits per heavy atom. The summed E-state index contributed by atoms with van der Waals surface area (Å²) in [5.74, 6) is 0.0527. The molecule has 0 radical (unpaired) electrons. The van der Waals surface area contributed by atoms with E-state index >= 15 is 0 Å².